The van der Waals surface area contributed by atoms with E-state index in [1.165, 1.54) is 29.5 Å². The molecule has 0 aromatic heterocycles. The molecule has 2 aromatic rings. The number of hydrogen-bond acceptors (Lipinski definition) is 0. The second-order valence-electron chi connectivity index (χ2n) is 3.94. The summed E-state index contributed by atoms with van der Waals surface area (Å²) in [5.41, 5.74) is 4.37. The first-order valence-corrected chi connectivity index (χ1v) is 5.63. The second-order valence-corrected chi connectivity index (χ2v) is 3.94. The summed E-state index contributed by atoms with van der Waals surface area (Å²) in [5.74, 6) is 0. The van der Waals surface area contributed by atoms with Crippen LogP contribution in [-0.4, -0.2) is 0 Å². The molecule has 3 heteroatoms. The van der Waals surface area contributed by atoms with Crippen molar-refractivity contribution in [1.29, 1.82) is 0 Å². The maximum absolute atomic E-state index is 2.29. The maximum Gasteiger partial charge on any atom is 4.00 e. The van der Waals surface area contributed by atoms with Crippen molar-refractivity contribution in [2.24, 2.45) is 0 Å². The number of aryl methyl sites for hydroxylation is 3. The fourth-order valence-corrected chi connectivity index (χ4v) is 1.58. The summed E-state index contributed by atoms with van der Waals surface area (Å²) < 4.78 is 0. The molecule has 2 aromatic carbocycles. The number of rotatable bonds is 2. The zero-order valence-corrected chi connectivity index (χ0v) is 16.3. The smallest absolute Gasteiger partial charge is 1.00 e. The fraction of sp³-hybridized carbons (Fsp3) is 0.333. The van der Waals surface area contributed by atoms with E-state index in [1.54, 1.807) is 0 Å². The Kier molecular flexibility index (Phi) is 17.5. The zero-order chi connectivity index (χ0) is 11.1. The Balaban J connectivity index is -0.000000245. The van der Waals surface area contributed by atoms with Crippen molar-refractivity contribution in [2.75, 3.05) is 0 Å². The molecule has 2 rings (SSSR count). The summed E-state index contributed by atoms with van der Waals surface area (Å²) in [6.07, 6.45) is 2.48. The zero-order valence-electron chi connectivity index (χ0n) is 11.2. The van der Waals surface area contributed by atoms with Crippen LogP contribution in [0.15, 0.2) is 42.5 Å². The van der Waals surface area contributed by atoms with Gasteiger partial charge < -0.3 is 24.8 Å². The third-order valence-electron chi connectivity index (χ3n) is 2.52. The van der Waals surface area contributed by atoms with Gasteiger partial charge in [0.25, 0.3) is 0 Å². The van der Waals surface area contributed by atoms with Crippen LogP contribution in [0.2, 0.25) is 0 Å². The molecular formula is C15H20Cl2Hf. The van der Waals surface area contributed by atoms with E-state index in [9.17, 15) is 0 Å². The van der Waals surface area contributed by atoms with Gasteiger partial charge in [0.15, 0.2) is 0 Å². The molecule has 0 radical (unpaired) electrons. The molecule has 0 amide bonds. The molecule has 0 saturated heterocycles. The van der Waals surface area contributed by atoms with E-state index in [0.29, 0.717) is 0 Å². The van der Waals surface area contributed by atoms with Gasteiger partial charge in [-0.25, -0.2) is 18.2 Å². The molecule has 0 saturated carbocycles. The van der Waals surface area contributed by atoms with Gasteiger partial charge in [-0.05, 0) is 0 Å². The van der Waals surface area contributed by atoms with E-state index in [0.717, 1.165) is 0 Å². The average molecular weight is 450 g/mol. The first-order valence-electron chi connectivity index (χ1n) is 5.63. The minimum Gasteiger partial charge on any atom is -1.00 e. The van der Waals surface area contributed by atoms with E-state index < -0.39 is 0 Å². The van der Waals surface area contributed by atoms with E-state index in [2.05, 4.69) is 32.9 Å². The molecule has 18 heavy (non-hydrogen) atoms. The van der Waals surface area contributed by atoms with Crippen molar-refractivity contribution in [3.63, 3.8) is 0 Å². The van der Waals surface area contributed by atoms with Crippen LogP contribution in [0.3, 0.4) is 0 Å². The summed E-state index contributed by atoms with van der Waals surface area (Å²) in [4.78, 5) is 0. The van der Waals surface area contributed by atoms with E-state index in [4.69, 9.17) is 0 Å². The molecule has 0 aliphatic heterocycles. The van der Waals surface area contributed by atoms with Gasteiger partial charge in [-0.15, -0.1) is 0 Å². The Bertz CT molecular complexity index is 327. The molecule has 0 atom stereocenters. The van der Waals surface area contributed by atoms with Crippen molar-refractivity contribution in [1.82, 2.24) is 0 Å². The van der Waals surface area contributed by atoms with Crippen LogP contribution >= 0.6 is 0 Å². The normalized spacial score (nSPS) is 7.94. The van der Waals surface area contributed by atoms with Crippen LogP contribution in [0.25, 0.3) is 0 Å². The average Bonchev–Trinajstić information content (AvgIpc) is 2.82. The quantitative estimate of drug-likeness (QED) is 0.382. The van der Waals surface area contributed by atoms with Crippen LogP contribution in [0.5, 0.6) is 0 Å². The van der Waals surface area contributed by atoms with E-state index in [-0.39, 0.29) is 50.7 Å². The van der Waals surface area contributed by atoms with E-state index in [1.807, 2.05) is 30.3 Å². The molecule has 0 N–H and O–H groups in total. The van der Waals surface area contributed by atoms with Gasteiger partial charge in [-0.3, -0.25) is 0 Å². The van der Waals surface area contributed by atoms with Crippen molar-refractivity contribution in [2.45, 2.75) is 33.6 Å². The molecule has 0 fully saturated rings. The third-order valence-corrected chi connectivity index (χ3v) is 2.52. The van der Waals surface area contributed by atoms with Crippen molar-refractivity contribution in [3.05, 3.63) is 59.2 Å². The second kappa shape index (κ2) is 13.6. The molecule has 0 heterocycles. The van der Waals surface area contributed by atoms with Gasteiger partial charge in [-0.1, -0.05) is 33.6 Å². The summed E-state index contributed by atoms with van der Waals surface area (Å²) in [5, 5.41) is 0. The van der Waals surface area contributed by atoms with Gasteiger partial charge in [0.2, 0.25) is 0 Å². The summed E-state index contributed by atoms with van der Waals surface area (Å²) in [6.45, 7) is 6.57. The molecule has 98 valence electrons. The third kappa shape index (κ3) is 9.13. The van der Waals surface area contributed by atoms with Crippen LogP contribution in [0.4, 0.5) is 0 Å². The molecule has 0 unspecified atom stereocenters. The first-order chi connectivity index (χ1) is 7.24. The largest absolute Gasteiger partial charge is 4.00 e. The minimum absolute atomic E-state index is 0. The maximum atomic E-state index is 2.29. The van der Waals surface area contributed by atoms with Gasteiger partial charge in [0.05, 0.1) is 0 Å². The van der Waals surface area contributed by atoms with Crippen LogP contribution in [0, 0.1) is 13.8 Å². The Morgan fingerprint density at radius 3 is 2.00 bits per heavy atom. The van der Waals surface area contributed by atoms with E-state index >= 15 is 0 Å². The number of halogens is 2. The Hall–Kier alpha value is 0.150. The van der Waals surface area contributed by atoms with Crippen LogP contribution in [-0.2, 0) is 32.3 Å². The van der Waals surface area contributed by atoms with Crippen LogP contribution in [0.1, 0.15) is 30.0 Å². The predicted molar refractivity (Wildman–Crippen MR) is 67.5 cm³/mol. The molecular weight excluding hydrogens is 430 g/mol. The predicted octanol–water partition coefficient (Wildman–Crippen LogP) is -1.61. The van der Waals surface area contributed by atoms with Crippen molar-refractivity contribution < 1.29 is 50.7 Å². The summed E-state index contributed by atoms with van der Waals surface area (Å²) in [7, 11) is 0. The molecule has 0 aliphatic rings. The Morgan fingerprint density at radius 1 is 1.17 bits per heavy atom. The molecule has 0 bridgehead atoms. The van der Waals surface area contributed by atoms with Gasteiger partial charge in [-0.2, -0.15) is 41.0 Å². The topological polar surface area (TPSA) is 0 Å². The molecule has 0 spiro atoms. The minimum atomic E-state index is 0. The summed E-state index contributed by atoms with van der Waals surface area (Å²) in [6, 6.07) is 14.6. The Labute approximate surface area is 143 Å². The van der Waals surface area contributed by atoms with Crippen LogP contribution < -0.4 is 24.8 Å². The molecule has 0 nitrogen and oxygen atoms in total. The van der Waals surface area contributed by atoms with Gasteiger partial charge in [0.1, 0.15) is 0 Å². The molecule has 0 aliphatic carbocycles. The standard InChI is InChI=1S/C10H15.C5H5.2ClH.Hf/c1-4-5-10-6-8(2)9(3)7-10;1-2-4-5-3-1;;;/h6-7H,4-5H2,1-3H3;1-5H;2*1H;/q2*-1;;;+4/p-2. The van der Waals surface area contributed by atoms with Gasteiger partial charge >= 0.3 is 25.8 Å². The Morgan fingerprint density at radius 2 is 1.72 bits per heavy atom. The van der Waals surface area contributed by atoms with Crippen molar-refractivity contribution in [3.8, 4) is 0 Å². The first kappa shape index (κ1) is 23.3. The SMILES string of the molecule is CCCc1cc(C)[c-](C)c1.[Cl-].[Cl-].[Hf+4].c1cc[cH-]c1. The fourth-order valence-electron chi connectivity index (χ4n) is 1.58. The summed E-state index contributed by atoms with van der Waals surface area (Å²) >= 11 is 0. The van der Waals surface area contributed by atoms with Crippen molar-refractivity contribution >= 4 is 0 Å². The number of hydrogen-bond donors (Lipinski definition) is 0. The monoisotopic (exact) mass is 450 g/mol. The van der Waals surface area contributed by atoms with Gasteiger partial charge in [0, 0.05) is 0 Å².